The summed E-state index contributed by atoms with van der Waals surface area (Å²) in [6, 6.07) is 14.4. The topological polar surface area (TPSA) is 84.2 Å². The molecule has 114 valence electrons. The van der Waals surface area contributed by atoms with E-state index in [2.05, 4.69) is 10.6 Å². The maximum absolute atomic E-state index is 11.9. The second-order valence-corrected chi connectivity index (χ2v) is 5.72. The van der Waals surface area contributed by atoms with Crippen molar-refractivity contribution in [2.75, 3.05) is 22.1 Å². The van der Waals surface area contributed by atoms with Crippen molar-refractivity contribution in [3.05, 3.63) is 48.5 Å². The lowest BCUT2D eigenvalue weighted by Crippen LogP contribution is -2.14. The number of hydrogen-bond acceptors (Lipinski definition) is 4. The Kier molecular flexibility index (Phi) is 5.43. The van der Waals surface area contributed by atoms with Crippen LogP contribution in [0, 0.1) is 0 Å². The van der Waals surface area contributed by atoms with E-state index in [0.29, 0.717) is 22.8 Å². The summed E-state index contributed by atoms with van der Waals surface area (Å²) in [6.45, 7) is 1.45. The van der Waals surface area contributed by atoms with Crippen LogP contribution in [0.15, 0.2) is 53.4 Å². The van der Waals surface area contributed by atoms with Crippen molar-refractivity contribution < 1.29 is 9.59 Å². The Morgan fingerprint density at radius 3 is 2.27 bits per heavy atom. The fraction of sp³-hybridized carbons (Fsp3) is 0.125. The minimum absolute atomic E-state index is 0.0975. The highest BCUT2D eigenvalue weighted by Gasteiger charge is 2.04. The SMILES string of the molecule is CC(=O)Nc1ccc(NC(=O)CSc2cccc(N)c2)cc1. The van der Waals surface area contributed by atoms with Gasteiger partial charge in [0.1, 0.15) is 0 Å². The molecule has 4 N–H and O–H groups in total. The number of anilines is 3. The Labute approximate surface area is 133 Å². The van der Waals surface area contributed by atoms with E-state index in [1.54, 1.807) is 30.3 Å². The molecule has 0 radical (unpaired) electrons. The highest BCUT2D eigenvalue weighted by Crippen LogP contribution is 2.20. The third-order valence-corrected chi connectivity index (χ3v) is 3.71. The zero-order valence-corrected chi connectivity index (χ0v) is 12.9. The molecule has 5 nitrogen and oxygen atoms in total. The van der Waals surface area contributed by atoms with Gasteiger partial charge >= 0.3 is 0 Å². The first kappa shape index (κ1) is 15.9. The van der Waals surface area contributed by atoms with Crippen LogP contribution in [0.5, 0.6) is 0 Å². The number of hydrogen-bond donors (Lipinski definition) is 3. The molecule has 0 aliphatic heterocycles. The monoisotopic (exact) mass is 315 g/mol. The van der Waals surface area contributed by atoms with Gasteiger partial charge < -0.3 is 16.4 Å². The first-order valence-corrected chi connectivity index (χ1v) is 7.67. The van der Waals surface area contributed by atoms with Crippen LogP contribution < -0.4 is 16.4 Å². The maximum atomic E-state index is 11.9. The molecule has 0 atom stereocenters. The molecule has 0 aliphatic rings. The summed E-state index contributed by atoms with van der Waals surface area (Å²) in [6.07, 6.45) is 0. The van der Waals surface area contributed by atoms with Gasteiger partial charge in [-0.2, -0.15) is 0 Å². The van der Waals surface area contributed by atoms with Crippen molar-refractivity contribution in [3.63, 3.8) is 0 Å². The maximum Gasteiger partial charge on any atom is 0.234 e. The van der Waals surface area contributed by atoms with E-state index in [9.17, 15) is 9.59 Å². The summed E-state index contributed by atoms with van der Waals surface area (Å²) in [5.41, 5.74) is 7.75. The fourth-order valence-corrected chi connectivity index (χ4v) is 2.55. The van der Waals surface area contributed by atoms with E-state index in [0.717, 1.165) is 4.90 Å². The van der Waals surface area contributed by atoms with E-state index in [4.69, 9.17) is 5.73 Å². The fourth-order valence-electron chi connectivity index (χ4n) is 1.79. The number of benzene rings is 2. The summed E-state index contributed by atoms with van der Waals surface area (Å²) in [5, 5.41) is 5.47. The van der Waals surface area contributed by atoms with Crippen LogP contribution in [0.2, 0.25) is 0 Å². The molecule has 2 amide bonds. The zero-order chi connectivity index (χ0) is 15.9. The lowest BCUT2D eigenvalue weighted by molar-refractivity contribution is -0.114. The standard InChI is InChI=1S/C16H17N3O2S/c1-11(20)18-13-5-7-14(8-6-13)19-16(21)10-22-15-4-2-3-12(17)9-15/h2-9H,10,17H2,1H3,(H,18,20)(H,19,21). The molecule has 2 rings (SSSR count). The number of nitrogens with one attached hydrogen (secondary N) is 2. The van der Waals surface area contributed by atoms with Crippen LogP contribution in [0.4, 0.5) is 17.1 Å². The number of amides is 2. The number of rotatable bonds is 5. The minimum Gasteiger partial charge on any atom is -0.399 e. The van der Waals surface area contributed by atoms with E-state index >= 15 is 0 Å². The Morgan fingerprint density at radius 1 is 1.05 bits per heavy atom. The highest BCUT2D eigenvalue weighted by molar-refractivity contribution is 8.00. The molecule has 0 saturated heterocycles. The van der Waals surface area contributed by atoms with Crippen molar-refractivity contribution in [2.45, 2.75) is 11.8 Å². The van der Waals surface area contributed by atoms with E-state index in [1.807, 2.05) is 18.2 Å². The Hall–Kier alpha value is -2.47. The van der Waals surface area contributed by atoms with E-state index in [1.165, 1.54) is 18.7 Å². The lowest BCUT2D eigenvalue weighted by atomic mass is 10.3. The average Bonchev–Trinajstić information content (AvgIpc) is 2.47. The van der Waals surface area contributed by atoms with Gasteiger partial charge in [-0.1, -0.05) is 6.07 Å². The molecule has 0 bridgehead atoms. The summed E-state index contributed by atoms with van der Waals surface area (Å²) in [7, 11) is 0. The van der Waals surface area contributed by atoms with E-state index < -0.39 is 0 Å². The normalized spacial score (nSPS) is 10.0. The van der Waals surface area contributed by atoms with Crippen molar-refractivity contribution in [3.8, 4) is 0 Å². The van der Waals surface area contributed by atoms with Gasteiger partial charge in [0.15, 0.2) is 0 Å². The molecule has 0 aromatic heterocycles. The molecule has 0 fully saturated rings. The van der Waals surface area contributed by atoms with E-state index in [-0.39, 0.29) is 11.8 Å². The van der Waals surface area contributed by atoms with Crippen LogP contribution in [-0.4, -0.2) is 17.6 Å². The zero-order valence-electron chi connectivity index (χ0n) is 12.1. The number of nitrogens with two attached hydrogens (primary N) is 1. The molecule has 22 heavy (non-hydrogen) atoms. The summed E-state index contributed by atoms with van der Waals surface area (Å²) in [5.74, 6) is 0.0756. The smallest absolute Gasteiger partial charge is 0.234 e. The molecule has 0 aliphatic carbocycles. The molecular formula is C16H17N3O2S. The first-order valence-electron chi connectivity index (χ1n) is 6.69. The summed E-state index contributed by atoms with van der Waals surface area (Å²) < 4.78 is 0. The molecule has 6 heteroatoms. The molecule has 2 aromatic carbocycles. The molecule has 2 aromatic rings. The molecule has 0 spiro atoms. The number of nitrogen functional groups attached to an aromatic ring is 1. The van der Waals surface area contributed by atoms with Crippen LogP contribution in [0.3, 0.4) is 0 Å². The summed E-state index contributed by atoms with van der Waals surface area (Å²) in [4.78, 5) is 23.8. The Bertz CT molecular complexity index is 671. The predicted octanol–water partition coefficient (Wildman–Crippen LogP) is 2.96. The van der Waals surface area contributed by atoms with Crippen molar-refractivity contribution in [2.24, 2.45) is 0 Å². The Balaban J connectivity index is 1.85. The third-order valence-electron chi connectivity index (χ3n) is 2.72. The number of carbonyl (C=O) groups excluding carboxylic acids is 2. The van der Waals surface area contributed by atoms with Crippen molar-refractivity contribution in [1.82, 2.24) is 0 Å². The molecule has 0 heterocycles. The molecule has 0 saturated carbocycles. The van der Waals surface area contributed by atoms with Crippen LogP contribution in [-0.2, 0) is 9.59 Å². The Morgan fingerprint density at radius 2 is 1.68 bits per heavy atom. The minimum atomic E-state index is -0.129. The van der Waals surface area contributed by atoms with Gasteiger partial charge in [-0.3, -0.25) is 9.59 Å². The van der Waals surface area contributed by atoms with Gasteiger partial charge in [-0.25, -0.2) is 0 Å². The second-order valence-electron chi connectivity index (χ2n) is 4.67. The molecular weight excluding hydrogens is 298 g/mol. The quantitative estimate of drug-likeness (QED) is 0.585. The van der Waals surface area contributed by atoms with Gasteiger partial charge in [0.2, 0.25) is 11.8 Å². The molecule has 0 unspecified atom stereocenters. The number of thioether (sulfide) groups is 1. The van der Waals surface area contributed by atoms with Crippen LogP contribution >= 0.6 is 11.8 Å². The van der Waals surface area contributed by atoms with Crippen LogP contribution in [0.1, 0.15) is 6.92 Å². The second kappa shape index (κ2) is 7.51. The lowest BCUT2D eigenvalue weighted by Gasteiger charge is -2.07. The van der Waals surface area contributed by atoms with Crippen LogP contribution in [0.25, 0.3) is 0 Å². The van der Waals surface area contributed by atoms with Gasteiger partial charge in [0, 0.05) is 28.9 Å². The van der Waals surface area contributed by atoms with Crippen molar-refractivity contribution >= 4 is 40.6 Å². The highest BCUT2D eigenvalue weighted by atomic mass is 32.2. The van der Waals surface area contributed by atoms with Gasteiger partial charge in [0.25, 0.3) is 0 Å². The number of carbonyl (C=O) groups is 2. The van der Waals surface area contributed by atoms with Gasteiger partial charge in [-0.05, 0) is 42.5 Å². The third kappa shape index (κ3) is 5.14. The predicted molar refractivity (Wildman–Crippen MR) is 91.0 cm³/mol. The first-order chi connectivity index (χ1) is 10.5. The van der Waals surface area contributed by atoms with Gasteiger partial charge in [-0.15, -0.1) is 11.8 Å². The van der Waals surface area contributed by atoms with Gasteiger partial charge in [0.05, 0.1) is 5.75 Å². The largest absolute Gasteiger partial charge is 0.399 e. The van der Waals surface area contributed by atoms with Crippen molar-refractivity contribution in [1.29, 1.82) is 0 Å². The summed E-state index contributed by atoms with van der Waals surface area (Å²) >= 11 is 1.42. The average molecular weight is 315 g/mol.